The van der Waals surface area contributed by atoms with Gasteiger partial charge in [0.05, 0.1) is 41.2 Å². The van der Waals surface area contributed by atoms with Crippen molar-refractivity contribution in [2.75, 3.05) is 36.9 Å². The molecule has 0 fully saturated rings. The third-order valence-electron chi connectivity index (χ3n) is 4.71. The first-order valence-electron chi connectivity index (χ1n) is 8.74. The molecular weight excluding hydrogens is 346 g/mol. The normalized spacial score (nSPS) is 12.8. The average Bonchev–Trinajstić information content (AvgIpc) is 3.18. The number of benzene rings is 2. The topological polar surface area (TPSA) is 114 Å². The summed E-state index contributed by atoms with van der Waals surface area (Å²) in [5, 5.41) is 25.4. The molecule has 0 bridgehead atoms. The fourth-order valence-corrected chi connectivity index (χ4v) is 3.62. The summed E-state index contributed by atoms with van der Waals surface area (Å²) in [5.41, 5.74) is 3.00. The zero-order valence-corrected chi connectivity index (χ0v) is 14.5. The molecule has 0 saturated heterocycles. The maximum Gasteiger partial charge on any atom is 0.196 e. The Kier molecular flexibility index (Phi) is 4.39. The second-order valence-electron chi connectivity index (χ2n) is 6.27. The highest BCUT2D eigenvalue weighted by Crippen LogP contribution is 2.42. The van der Waals surface area contributed by atoms with Gasteiger partial charge in [-0.3, -0.25) is 9.59 Å². The van der Waals surface area contributed by atoms with Crippen LogP contribution in [0.15, 0.2) is 36.5 Å². The van der Waals surface area contributed by atoms with Crippen LogP contribution < -0.4 is 10.6 Å². The smallest absolute Gasteiger partial charge is 0.196 e. The number of aromatic amines is 1. The van der Waals surface area contributed by atoms with Gasteiger partial charge in [0.2, 0.25) is 0 Å². The zero-order valence-electron chi connectivity index (χ0n) is 14.5. The molecule has 5 N–H and O–H groups in total. The van der Waals surface area contributed by atoms with E-state index in [0.717, 1.165) is 5.39 Å². The molecule has 0 saturated carbocycles. The van der Waals surface area contributed by atoms with Gasteiger partial charge in [-0.1, -0.05) is 24.3 Å². The standard InChI is InChI=1S/C20H19N3O4/c24-9-7-22-16-13-5-6-21-17(13)18(23-8-10-25)15-14(16)19(26)11-3-1-2-4-12(11)20(15)27/h1-6,21-25H,7-10H2. The molecule has 27 heavy (non-hydrogen) atoms. The van der Waals surface area contributed by atoms with Crippen molar-refractivity contribution < 1.29 is 19.8 Å². The Hall–Kier alpha value is -3.16. The van der Waals surface area contributed by atoms with Gasteiger partial charge < -0.3 is 25.8 Å². The number of hydrogen-bond acceptors (Lipinski definition) is 6. The predicted molar refractivity (Wildman–Crippen MR) is 103 cm³/mol. The van der Waals surface area contributed by atoms with Gasteiger partial charge in [-0.15, -0.1) is 0 Å². The number of fused-ring (bicyclic) bond motifs is 3. The van der Waals surface area contributed by atoms with E-state index in [2.05, 4.69) is 15.6 Å². The minimum Gasteiger partial charge on any atom is -0.395 e. The van der Waals surface area contributed by atoms with E-state index in [9.17, 15) is 19.8 Å². The van der Waals surface area contributed by atoms with E-state index in [1.54, 1.807) is 30.5 Å². The van der Waals surface area contributed by atoms with Crippen LogP contribution in [-0.4, -0.2) is 53.1 Å². The van der Waals surface area contributed by atoms with Gasteiger partial charge in [-0.2, -0.15) is 0 Å². The monoisotopic (exact) mass is 365 g/mol. The maximum absolute atomic E-state index is 13.3. The molecule has 1 aliphatic carbocycles. The number of anilines is 2. The van der Waals surface area contributed by atoms with Gasteiger partial charge in [-0.25, -0.2) is 0 Å². The molecule has 4 rings (SSSR count). The van der Waals surface area contributed by atoms with Crippen LogP contribution in [0.2, 0.25) is 0 Å². The van der Waals surface area contributed by atoms with Crippen LogP contribution in [0.4, 0.5) is 11.4 Å². The largest absolute Gasteiger partial charge is 0.395 e. The lowest BCUT2D eigenvalue weighted by molar-refractivity contribution is 0.0980. The van der Waals surface area contributed by atoms with E-state index >= 15 is 0 Å². The number of aliphatic hydroxyl groups is 2. The maximum atomic E-state index is 13.3. The molecule has 0 aliphatic heterocycles. The first kappa shape index (κ1) is 17.3. The molecule has 0 radical (unpaired) electrons. The Balaban J connectivity index is 2.06. The van der Waals surface area contributed by atoms with Crippen molar-refractivity contribution in [1.29, 1.82) is 0 Å². The van der Waals surface area contributed by atoms with Gasteiger partial charge in [-0.05, 0) is 6.07 Å². The third-order valence-corrected chi connectivity index (χ3v) is 4.71. The summed E-state index contributed by atoms with van der Waals surface area (Å²) in [5.74, 6) is -0.486. The molecule has 2 aromatic carbocycles. The van der Waals surface area contributed by atoms with Crippen LogP contribution in [0, 0.1) is 0 Å². The summed E-state index contributed by atoms with van der Waals surface area (Å²) < 4.78 is 0. The molecule has 0 spiro atoms. The number of aromatic nitrogens is 1. The van der Waals surface area contributed by atoms with Crippen molar-refractivity contribution in [2.45, 2.75) is 0 Å². The number of carbonyl (C=O) groups is 2. The Morgan fingerprint density at radius 2 is 1.37 bits per heavy atom. The average molecular weight is 365 g/mol. The number of carbonyl (C=O) groups excluding carboxylic acids is 2. The van der Waals surface area contributed by atoms with E-state index < -0.39 is 0 Å². The first-order chi connectivity index (χ1) is 13.2. The van der Waals surface area contributed by atoms with Crippen molar-refractivity contribution in [3.8, 4) is 0 Å². The van der Waals surface area contributed by atoms with Gasteiger partial charge in [0, 0.05) is 35.8 Å². The zero-order chi connectivity index (χ0) is 19.0. The molecule has 1 heterocycles. The summed E-state index contributed by atoms with van der Waals surface area (Å²) in [6.07, 6.45) is 1.73. The number of H-pyrrole nitrogens is 1. The second-order valence-corrected chi connectivity index (χ2v) is 6.27. The molecule has 138 valence electrons. The molecule has 3 aromatic rings. The van der Waals surface area contributed by atoms with Crippen molar-refractivity contribution in [2.24, 2.45) is 0 Å². The van der Waals surface area contributed by atoms with Crippen molar-refractivity contribution in [3.63, 3.8) is 0 Å². The highest BCUT2D eigenvalue weighted by molar-refractivity contribution is 6.35. The summed E-state index contributed by atoms with van der Waals surface area (Å²) in [6.45, 7) is 0.274. The summed E-state index contributed by atoms with van der Waals surface area (Å²) in [7, 11) is 0. The van der Waals surface area contributed by atoms with E-state index in [0.29, 0.717) is 33.6 Å². The highest BCUT2D eigenvalue weighted by atomic mass is 16.3. The SMILES string of the molecule is O=C1c2ccccc2C(=O)c2c1c(NCCO)c1cc[nH]c1c2NCCO. The molecule has 0 unspecified atom stereocenters. The Labute approximate surface area is 155 Å². The number of nitrogens with one attached hydrogen (secondary N) is 3. The lowest BCUT2D eigenvalue weighted by Gasteiger charge is -2.25. The van der Waals surface area contributed by atoms with Gasteiger partial charge >= 0.3 is 0 Å². The van der Waals surface area contributed by atoms with E-state index in [1.165, 1.54) is 0 Å². The third kappa shape index (κ3) is 2.59. The number of hydrogen-bond donors (Lipinski definition) is 5. The van der Waals surface area contributed by atoms with Gasteiger partial charge in [0.25, 0.3) is 0 Å². The van der Waals surface area contributed by atoms with Gasteiger partial charge in [0.15, 0.2) is 11.6 Å². The predicted octanol–water partition coefficient (Wildman–Crippen LogP) is 1.75. The Morgan fingerprint density at radius 1 is 0.815 bits per heavy atom. The van der Waals surface area contributed by atoms with Crippen LogP contribution in [0.25, 0.3) is 10.9 Å². The van der Waals surface area contributed by atoms with Crippen molar-refractivity contribution in [1.82, 2.24) is 4.98 Å². The van der Waals surface area contributed by atoms with E-state index in [-0.39, 0.29) is 43.4 Å². The van der Waals surface area contributed by atoms with Crippen LogP contribution in [0.5, 0.6) is 0 Å². The molecular formula is C20H19N3O4. The number of ketones is 2. The highest BCUT2D eigenvalue weighted by Gasteiger charge is 2.35. The van der Waals surface area contributed by atoms with Gasteiger partial charge in [0.1, 0.15) is 0 Å². The number of aliphatic hydroxyl groups excluding tert-OH is 2. The quantitative estimate of drug-likeness (QED) is 0.333. The van der Waals surface area contributed by atoms with Crippen LogP contribution >= 0.6 is 0 Å². The molecule has 0 atom stereocenters. The first-order valence-corrected chi connectivity index (χ1v) is 8.74. The van der Waals surface area contributed by atoms with Crippen LogP contribution in [-0.2, 0) is 0 Å². The fraction of sp³-hybridized carbons (Fsp3) is 0.200. The molecule has 7 nitrogen and oxygen atoms in total. The molecule has 1 aliphatic rings. The van der Waals surface area contributed by atoms with Crippen molar-refractivity contribution in [3.05, 3.63) is 58.8 Å². The molecule has 7 heteroatoms. The number of rotatable bonds is 6. The fourth-order valence-electron chi connectivity index (χ4n) is 3.62. The minimum absolute atomic E-state index is 0.107. The lowest BCUT2D eigenvalue weighted by Crippen LogP contribution is -2.25. The van der Waals surface area contributed by atoms with E-state index in [1.807, 2.05) is 6.07 Å². The van der Waals surface area contributed by atoms with Crippen LogP contribution in [0.1, 0.15) is 31.8 Å². The Morgan fingerprint density at radius 3 is 1.96 bits per heavy atom. The van der Waals surface area contributed by atoms with E-state index in [4.69, 9.17) is 0 Å². The van der Waals surface area contributed by atoms with Crippen molar-refractivity contribution >= 4 is 33.8 Å². The summed E-state index contributed by atoms with van der Waals surface area (Å²) in [6, 6.07) is 8.58. The summed E-state index contributed by atoms with van der Waals surface area (Å²) >= 11 is 0. The second kappa shape index (κ2) is 6.86. The molecule has 0 amide bonds. The van der Waals surface area contributed by atoms with Crippen LogP contribution in [0.3, 0.4) is 0 Å². The molecule has 1 aromatic heterocycles. The lowest BCUT2D eigenvalue weighted by atomic mass is 9.81. The Bertz CT molecular complexity index is 974. The minimum atomic E-state index is -0.246. The summed E-state index contributed by atoms with van der Waals surface area (Å²) in [4.78, 5) is 29.7.